The Bertz CT molecular complexity index is 657. The molecular weight excluding hydrogens is 266 g/mol. The monoisotopic (exact) mass is 283 g/mol. The van der Waals surface area contributed by atoms with E-state index in [-0.39, 0.29) is 0 Å². The van der Waals surface area contributed by atoms with Gasteiger partial charge in [0, 0.05) is 11.6 Å². The lowest BCUT2D eigenvalue weighted by molar-refractivity contribution is 0.295. The molecule has 0 radical (unpaired) electrons. The van der Waals surface area contributed by atoms with Crippen LogP contribution in [0.2, 0.25) is 0 Å². The molecule has 108 valence electrons. The van der Waals surface area contributed by atoms with Gasteiger partial charge >= 0.3 is 0 Å². The molecule has 4 nitrogen and oxygen atoms in total. The Morgan fingerprint density at radius 3 is 2.24 bits per heavy atom. The van der Waals surface area contributed by atoms with Gasteiger partial charge in [-0.1, -0.05) is 0 Å². The van der Waals surface area contributed by atoms with E-state index < -0.39 is 0 Å². The summed E-state index contributed by atoms with van der Waals surface area (Å²) in [5, 5.41) is 8.77. The standard InChI is InChI=1S/C17H17NO3/c1-12-8-14(17(20-3)9-16(12)19-2)11-21-15-6-4-13(10-18)5-7-15/h4-9H,11H2,1-3H3. The fraction of sp³-hybridized carbons (Fsp3) is 0.235. The van der Waals surface area contributed by atoms with Crippen LogP contribution in [0.15, 0.2) is 36.4 Å². The van der Waals surface area contributed by atoms with Crippen molar-refractivity contribution >= 4 is 0 Å². The Labute approximate surface area is 124 Å². The van der Waals surface area contributed by atoms with Crippen molar-refractivity contribution < 1.29 is 14.2 Å². The van der Waals surface area contributed by atoms with Gasteiger partial charge in [-0.05, 0) is 42.8 Å². The maximum Gasteiger partial charge on any atom is 0.129 e. The van der Waals surface area contributed by atoms with E-state index in [9.17, 15) is 0 Å². The van der Waals surface area contributed by atoms with Crippen molar-refractivity contribution in [2.24, 2.45) is 0 Å². The first kappa shape index (κ1) is 14.7. The Balaban J connectivity index is 2.15. The highest BCUT2D eigenvalue weighted by molar-refractivity contribution is 5.46. The van der Waals surface area contributed by atoms with E-state index in [0.29, 0.717) is 17.9 Å². The summed E-state index contributed by atoms with van der Waals surface area (Å²) in [4.78, 5) is 0. The molecule has 0 unspecified atom stereocenters. The zero-order valence-electron chi connectivity index (χ0n) is 12.3. The number of aryl methyl sites for hydroxylation is 1. The molecule has 0 aliphatic rings. The fourth-order valence-electron chi connectivity index (χ4n) is 2.04. The molecule has 4 heteroatoms. The second kappa shape index (κ2) is 6.67. The molecule has 0 aliphatic carbocycles. The van der Waals surface area contributed by atoms with Crippen LogP contribution in [0.25, 0.3) is 0 Å². The lowest BCUT2D eigenvalue weighted by atomic mass is 10.1. The van der Waals surface area contributed by atoms with E-state index in [1.807, 2.05) is 19.1 Å². The number of rotatable bonds is 5. The molecule has 2 aromatic rings. The zero-order chi connectivity index (χ0) is 15.2. The van der Waals surface area contributed by atoms with Gasteiger partial charge in [-0.3, -0.25) is 0 Å². The molecule has 0 saturated carbocycles. The minimum Gasteiger partial charge on any atom is -0.496 e. The second-order valence-corrected chi connectivity index (χ2v) is 4.56. The summed E-state index contributed by atoms with van der Waals surface area (Å²) in [7, 11) is 3.25. The number of ether oxygens (including phenoxy) is 3. The zero-order valence-corrected chi connectivity index (χ0v) is 12.3. The molecule has 0 atom stereocenters. The van der Waals surface area contributed by atoms with Gasteiger partial charge in [-0.15, -0.1) is 0 Å². The molecule has 0 aromatic heterocycles. The van der Waals surface area contributed by atoms with Crippen LogP contribution in [0.3, 0.4) is 0 Å². The van der Waals surface area contributed by atoms with E-state index >= 15 is 0 Å². The summed E-state index contributed by atoms with van der Waals surface area (Å²) in [5.41, 5.74) is 2.58. The molecule has 0 fully saturated rings. The van der Waals surface area contributed by atoms with E-state index in [1.54, 1.807) is 38.5 Å². The van der Waals surface area contributed by atoms with Gasteiger partial charge < -0.3 is 14.2 Å². The molecule has 0 heterocycles. The van der Waals surface area contributed by atoms with Crippen molar-refractivity contribution in [1.82, 2.24) is 0 Å². The molecule has 0 aliphatic heterocycles. The van der Waals surface area contributed by atoms with Gasteiger partial charge in [-0.2, -0.15) is 5.26 Å². The summed E-state index contributed by atoms with van der Waals surface area (Å²) < 4.78 is 16.4. The summed E-state index contributed by atoms with van der Waals surface area (Å²) in [6.45, 7) is 2.36. The fourth-order valence-corrected chi connectivity index (χ4v) is 2.04. The van der Waals surface area contributed by atoms with Crippen molar-refractivity contribution in [2.45, 2.75) is 13.5 Å². The summed E-state index contributed by atoms with van der Waals surface area (Å²) >= 11 is 0. The Morgan fingerprint density at radius 2 is 1.67 bits per heavy atom. The topological polar surface area (TPSA) is 51.5 Å². The molecular formula is C17H17NO3. The third-order valence-corrected chi connectivity index (χ3v) is 3.18. The molecule has 0 bridgehead atoms. The minimum absolute atomic E-state index is 0.389. The lowest BCUT2D eigenvalue weighted by Crippen LogP contribution is -2.00. The third-order valence-electron chi connectivity index (χ3n) is 3.18. The first-order valence-corrected chi connectivity index (χ1v) is 6.52. The molecule has 0 amide bonds. The molecule has 0 N–H and O–H groups in total. The van der Waals surface area contributed by atoms with E-state index in [0.717, 1.165) is 22.6 Å². The highest BCUT2D eigenvalue weighted by Gasteiger charge is 2.09. The third kappa shape index (κ3) is 3.46. The Hall–Kier alpha value is -2.67. The first-order chi connectivity index (χ1) is 10.2. The quantitative estimate of drug-likeness (QED) is 0.843. The van der Waals surface area contributed by atoms with Gasteiger partial charge in [-0.25, -0.2) is 0 Å². The number of hydrogen-bond donors (Lipinski definition) is 0. The maximum absolute atomic E-state index is 8.77. The van der Waals surface area contributed by atoms with Crippen molar-refractivity contribution in [1.29, 1.82) is 5.26 Å². The minimum atomic E-state index is 0.389. The number of nitrogens with zero attached hydrogens (tertiary/aromatic N) is 1. The average molecular weight is 283 g/mol. The molecule has 2 rings (SSSR count). The molecule has 0 saturated heterocycles. The van der Waals surface area contributed by atoms with Gasteiger partial charge in [0.2, 0.25) is 0 Å². The number of methoxy groups -OCH3 is 2. The largest absolute Gasteiger partial charge is 0.496 e. The van der Waals surface area contributed by atoms with Crippen LogP contribution >= 0.6 is 0 Å². The van der Waals surface area contributed by atoms with Gasteiger partial charge in [0.25, 0.3) is 0 Å². The van der Waals surface area contributed by atoms with E-state index in [1.165, 1.54) is 0 Å². The normalized spacial score (nSPS) is 9.81. The highest BCUT2D eigenvalue weighted by atomic mass is 16.5. The smallest absolute Gasteiger partial charge is 0.129 e. The van der Waals surface area contributed by atoms with Gasteiger partial charge in [0.15, 0.2) is 0 Å². The summed E-state index contributed by atoms with van der Waals surface area (Å²) in [6, 6.07) is 12.9. The van der Waals surface area contributed by atoms with Crippen molar-refractivity contribution in [3.63, 3.8) is 0 Å². The van der Waals surface area contributed by atoms with Crippen LogP contribution in [0.1, 0.15) is 16.7 Å². The Morgan fingerprint density at radius 1 is 1.00 bits per heavy atom. The first-order valence-electron chi connectivity index (χ1n) is 6.52. The maximum atomic E-state index is 8.77. The van der Waals surface area contributed by atoms with Crippen LogP contribution in [0.4, 0.5) is 0 Å². The number of hydrogen-bond acceptors (Lipinski definition) is 4. The van der Waals surface area contributed by atoms with Crippen LogP contribution in [-0.4, -0.2) is 14.2 Å². The van der Waals surface area contributed by atoms with E-state index in [2.05, 4.69) is 6.07 Å². The molecule has 2 aromatic carbocycles. The average Bonchev–Trinajstić information content (AvgIpc) is 2.53. The highest BCUT2D eigenvalue weighted by Crippen LogP contribution is 2.29. The van der Waals surface area contributed by atoms with Crippen LogP contribution in [-0.2, 0) is 6.61 Å². The number of nitriles is 1. The summed E-state index contributed by atoms with van der Waals surface area (Å²) in [6.07, 6.45) is 0. The van der Waals surface area contributed by atoms with Crippen LogP contribution in [0.5, 0.6) is 17.2 Å². The number of benzene rings is 2. The Kier molecular flexibility index (Phi) is 4.68. The SMILES string of the molecule is COc1cc(OC)c(COc2ccc(C#N)cc2)cc1C. The van der Waals surface area contributed by atoms with Crippen LogP contribution < -0.4 is 14.2 Å². The van der Waals surface area contributed by atoms with E-state index in [4.69, 9.17) is 19.5 Å². The lowest BCUT2D eigenvalue weighted by Gasteiger charge is -2.13. The molecule has 21 heavy (non-hydrogen) atoms. The predicted molar refractivity (Wildman–Crippen MR) is 79.8 cm³/mol. The summed E-state index contributed by atoms with van der Waals surface area (Å²) in [5.74, 6) is 2.23. The second-order valence-electron chi connectivity index (χ2n) is 4.56. The van der Waals surface area contributed by atoms with Gasteiger partial charge in [0.05, 0.1) is 25.9 Å². The van der Waals surface area contributed by atoms with Gasteiger partial charge in [0.1, 0.15) is 23.9 Å². The predicted octanol–water partition coefficient (Wildman–Crippen LogP) is 3.46. The van der Waals surface area contributed by atoms with Crippen molar-refractivity contribution in [3.05, 3.63) is 53.1 Å². The molecule has 0 spiro atoms. The van der Waals surface area contributed by atoms with Crippen LogP contribution in [0, 0.1) is 18.3 Å². The van der Waals surface area contributed by atoms with Crippen molar-refractivity contribution in [3.8, 4) is 23.3 Å². The van der Waals surface area contributed by atoms with Crippen molar-refractivity contribution in [2.75, 3.05) is 14.2 Å².